The van der Waals surface area contributed by atoms with Gasteiger partial charge in [0.15, 0.2) is 12.3 Å². The van der Waals surface area contributed by atoms with Crippen LogP contribution >= 0.6 is 11.3 Å². The molecule has 0 atom stereocenters. The highest BCUT2D eigenvalue weighted by atomic mass is 32.1. The number of carbonyl (C=O) groups is 1. The fourth-order valence-corrected chi connectivity index (χ4v) is 3.59. The number of amides is 1. The molecule has 0 aliphatic rings. The minimum atomic E-state index is -0.307. The van der Waals surface area contributed by atoms with Crippen LogP contribution in [0.5, 0.6) is 5.75 Å². The molecule has 8 nitrogen and oxygen atoms in total. The van der Waals surface area contributed by atoms with Gasteiger partial charge in [-0.15, -0.1) is 11.3 Å². The number of aryl methyl sites for hydroxylation is 2. The van der Waals surface area contributed by atoms with Crippen LogP contribution in [0.3, 0.4) is 0 Å². The summed E-state index contributed by atoms with van der Waals surface area (Å²) in [5.41, 5.74) is 2.04. The molecule has 1 amide bonds. The van der Waals surface area contributed by atoms with Crippen LogP contribution in [0.1, 0.15) is 34.0 Å². The summed E-state index contributed by atoms with van der Waals surface area (Å²) in [6.07, 6.45) is 4.79. The molecule has 1 N–H and O–H groups in total. The van der Waals surface area contributed by atoms with Gasteiger partial charge in [-0.2, -0.15) is 0 Å². The van der Waals surface area contributed by atoms with Crippen LogP contribution in [0.2, 0.25) is 0 Å². The number of hydrogen-bond donors (Lipinski definition) is 1. The number of ether oxygens (including phenoxy) is 1. The van der Waals surface area contributed by atoms with Crippen LogP contribution in [-0.4, -0.2) is 25.4 Å². The van der Waals surface area contributed by atoms with Crippen LogP contribution in [-0.2, 0) is 19.7 Å². The number of rotatable bonds is 7. The van der Waals surface area contributed by atoms with E-state index in [0.29, 0.717) is 18.2 Å². The summed E-state index contributed by atoms with van der Waals surface area (Å²) in [5.74, 6) is 0.700. The summed E-state index contributed by atoms with van der Waals surface area (Å²) in [6.45, 7) is 5.29. The van der Waals surface area contributed by atoms with Gasteiger partial charge in [0.05, 0.1) is 33.8 Å². The van der Waals surface area contributed by atoms with E-state index in [4.69, 9.17) is 9.15 Å². The first-order valence-corrected chi connectivity index (χ1v) is 9.65. The van der Waals surface area contributed by atoms with Gasteiger partial charge in [0.25, 0.3) is 5.91 Å². The van der Waals surface area contributed by atoms with Gasteiger partial charge in [-0.05, 0) is 26.0 Å². The maximum absolute atomic E-state index is 12.3. The Kier molecular flexibility index (Phi) is 5.07. The molecule has 0 aliphatic carbocycles. The quantitative estimate of drug-likeness (QED) is 0.514. The zero-order valence-corrected chi connectivity index (χ0v) is 16.3. The van der Waals surface area contributed by atoms with Gasteiger partial charge in [-0.1, -0.05) is 0 Å². The Labute approximate surface area is 165 Å². The number of benzene rings is 1. The Morgan fingerprint density at radius 3 is 3.11 bits per heavy atom. The predicted molar refractivity (Wildman–Crippen MR) is 104 cm³/mol. The number of carbonyl (C=O) groups excluding carboxylic acids is 1. The topological polar surface area (TPSA) is 95.1 Å². The third kappa shape index (κ3) is 3.89. The Bertz CT molecular complexity index is 1110. The first kappa shape index (κ1) is 18.2. The second-order valence-electron chi connectivity index (χ2n) is 6.13. The summed E-state index contributed by atoms with van der Waals surface area (Å²) in [7, 11) is 0. The van der Waals surface area contributed by atoms with Gasteiger partial charge >= 0.3 is 0 Å². The molecule has 0 aliphatic heterocycles. The van der Waals surface area contributed by atoms with E-state index in [9.17, 15) is 4.79 Å². The van der Waals surface area contributed by atoms with Crippen LogP contribution < -0.4 is 10.1 Å². The summed E-state index contributed by atoms with van der Waals surface area (Å²) >= 11 is 1.64. The van der Waals surface area contributed by atoms with Gasteiger partial charge in [-0.3, -0.25) is 4.79 Å². The lowest BCUT2D eigenvalue weighted by Crippen LogP contribution is -2.24. The zero-order valence-electron chi connectivity index (χ0n) is 15.5. The molecule has 1 aromatic carbocycles. The summed E-state index contributed by atoms with van der Waals surface area (Å²) in [4.78, 5) is 25.0. The number of aromatic nitrogens is 4. The van der Waals surface area contributed by atoms with Crippen molar-refractivity contribution in [3.8, 4) is 5.75 Å². The number of oxazole rings is 1. The van der Waals surface area contributed by atoms with Gasteiger partial charge in [-0.25, -0.2) is 15.0 Å². The van der Waals surface area contributed by atoms with E-state index in [1.54, 1.807) is 23.9 Å². The molecule has 3 aromatic heterocycles. The van der Waals surface area contributed by atoms with Crippen molar-refractivity contribution in [1.29, 1.82) is 0 Å². The SMILES string of the molecule is CCn1cncc1CNC(=O)c1coc(COc2ccc3sc(C)nc3c2)n1. The lowest BCUT2D eigenvalue weighted by molar-refractivity contribution is 0.0945. The van der Waals surface area contributed by atoms with Crippen LogP contribution in [0.25, 0.3) is 10.2 Å². The van der Waals surface area contributed by atoms with E-state index in [-0.39, 0.29) is 18.2 Å². The summed E-state index contributed by atoms with van der Waals surface area (Å²) in [5, 5.41) is 3.83. The van der Waals surface area contributed by atoms with E-state index in [2.05, 4.69) is 20.3 Å². The monoisotopic (exact) mass is 397 g/mol. The van der Waals surface area contributed by atoms with Gasteiger partial charge < -0.3 is 19.0 Å². The van der Waals surface area contributed by atoms with E-state index < -0.39 is 0 Å². The summed E-state index contributed by atoms with van der Waals surface area (Å²) < 4.78 is 14.1. The fraction of sp³-hybridized carbons (Fsp3) is 0.263. The molecule has 0 saturated heterocycles. The van der Waals surface area contributed by atoms with Crippen molar-refractivity contribution in [2.75, 3.05) is 0 Å². The molecule has 3 heterocycles. The Morgan fingerprint density at radius 1 is 1.36 bits per heavy atom. The second kappa shape index (κ2) is 7.81. The molecule has 0 radical (unpaired) electrons. The minimum Gasteiger partial charge on any atom is -0.484 e. The van der Waals surface area contributed by atoms with E-state index in [1.807, 2.05) is 36.6 Å². The first-order chi connectivity index (χ1) is 13.6. The molecule has 0 unspecified atom stereocenters. The number of hydrogen-bond acceptors (Lipinski definition) is 7. The number of thiazole rings is 1. The highest BCUT2D eigenvalue weighted by Gasteiger charge is 2.13. The van der Waals surface area contributed by atoms with Crippen LogP contribution in [0.15, 0.2) is 41.4 Å². The van der Waals surface area contributed by atoms with Crippen molar-refractivity contribution in [2.45, 2.75) is 33.5 Å². The molecule has 0 bridgehead atoms. The average Bonchev–Trinajstić information content (AvgIpc) is 3.42. The van der Waals surface area contributed by atoms with Gasteiger partial charge in [0.2, 0.25) is 5.89 Å². The standard InChI is InChI=1S/C19H19N5O3S/c1-3-24-11-20-7-13(24)8-21-19(25)16-9-27-18(23-16)10-26-14-4-5-17-15(6-14)22-12(2)28-17/h4-7,9,11H,3,8,10H2,1-2H3,(H,21,25). The lowest BCUT2D eigenvalue weighted by Gasteiger charge is -2.05. The van der Waals surface area contributed by atoms with Crippen molar-refractivity contribution in [2.24, 2.45) is 0 Å². The van der Waals surface area contributed by atoms with Crippen LogP contribution in [0.4, 0.5) is 0 Å². The Morgan fingerprint density at radius 2 is 2.25 bits per heavy atom. The van der Waals surface area contributed by atoms with E-state index in [1.165, 1.54) is 6.26 Å². The molecular formula is C19H19N5O3S. The van der Waals surface area contributed by atoms with Gasteiger partial charge in [0.1, 0.15) is 12.0 Å². The second-order valence-corrected chi connectivity index (χ2v) is 7.37. The molecular weight excluding hydrogens is 378 g/mol. The summed E-state index contributed by atoms with van der Waals surface area (Å²) in [6, 6.07) is 5.74. The third-order valence-corrected chi connectivity index (χ3v) is 5.13. The average molecular weight is 397 g/mol. The lowest BCUT2D eigenvalue weighted by atomic mass is 10.3. The van der Waals surface area contributed by atoms with Crippen molar-refractivity contribution < 1.29 is 13.9 Å². The molecule has 0 saturated carbocycles. The smallest absolute Gasteiger partial charge is 0.273 e. The Hall–Kier alpha value is -3.20. The van der Waals surface area contributed by atoms with Gasteiger partial charge in [0, 0.05) is 18.8 Å². The Balaban J connectivity index is 1.34. The van der Waals surface area contributed by atoms with E-state index in [0.717, 1.165) is 27.5 Å². The van der Waals surface area contributed by atoms with Crippen LogP contribution in [0, 0.1) is 6.92 Å². The highest BCUT2D eigenvalue weighted by Crippen LogP contribution is 2.25. The number of nitrogens with zero attached hydrogens (tertiary/aromatic N) is 4. The van der Waals surface area contributed by atoms with Crippen molar-refractivity contribution >= 4 is 27.5 Å². The molecule has 0 spiro atoms. The maximum atomic E-state index is 12.3. The van der Waals surface area contributed by atoms with E-state index >= 15 is 0 Å². The fourth-order valence-electron chi connectivity index (χ4n) is 2.78. The predicted octanol–water partition coefficient (Wildman–Crippen LogP) is 3.32. The van der Waals surface area contributed by atoms with Crippen molar-refractivity contribution in [1.82, 2.24) is 24.8 Å². The number of imidazole rings is 1. The van der Waals surface area contributed by atoms with Crippen molar-refractivity contribution in [3.05, 3.63) is 59.3 Å². The number of fused-ring (bicyclic) bond motifs is 1. The molecule has 144 valence electrons. The molecule has 4 rings (SSSR count). The molecule has 0 fully saturated rings. The zero-order chi connectivity index (χ0) is 19.5. The minimum absolute atomic E-state index is 0.129. The molecule has 4 aromatic rings. The third-order valence-electron chi connectivity index (χ3n) is 4.18. The molecule has 28 heavy (non-hydrogen) atoms. The largest absolute Gasteiger partial charge is 0.484 e. The maximum Gasteiger partial charge on any atom is 0.273 e. The normalized spacial score (nSPS) is 11.1. The highest BCUT2D eigenvalue weighted by molar-refractivity contribution is 7.18. The first-order valence-electron chi connectivity index (χ1n) is 8.84. The van der Waals surface area contributed by atoms with Crippen molar-refractivity contribution in [3.63, 3.8) is 0 Å². The number of nitrogens with one attached hydrogen (secondary N) is 1. The molecule has 9 heteroatoms.